The molecule has 0 saturated heterocycles. The molecule has 0 aliphatic carbocycles. The van der Waals surface area contributed by atoms with Crippen LogP contribution in [-0.2, 0) is 9.53 Å². The van der Waals surface area contributed by atoms with E-state index in [-0.39, 0.29) is 5.97 Å². The summed E-state index contributed by atoms with van der Waals surface area (Å²) in [6.45, 7) is 9.71. The van der Waals surface area contributed by atoms with E-state index in [0.29, 0.717) is 12.3 Å². The maximum absolute atomic E-state index is 10.9. The molecular weight excluding hydrogens is 234 g/mol. The van der Waals surface area contributed by atoms with Gasteiger partial charge in [0.25, 0.3) is 0 Å². The summed E-state index contributed by atoms with van der Waals surface area (Å²) >= 11 is 1.64. The fourth-order valence-corrected chi connectivity index (χ4v) is 1.83. The molecule has 0 N–H and O–H groups in total. The fourth-order valence-electron chi connectivity index (χ4n) is 1.08. The first-order chi connectivity index (χ1) is 8.01. The normalized spacial score (nSPS) is 12.8. The first kappa shape index (κ1) is 16.0. The Bertz CT molecular complexity index is 319. The Morgan fingerprint density at radius 1 is 1.47 bits per heavy atom. The number of esters is 1. The summed E-state index contributed by atoms with van der Waals surface area (Å²) in [5, 5.41) is 0. The molecule has 0 aliphatic heterocycles. The summed E-state index contributed by atoms with van der Waals surface area (Å²) in [6, 6.07) is 0. The molecule has 0 rings (SSSR count). The van der Waals surface area contributed by atoms with Gasteiger partial charge in [0, 0.05) is 11.4 Å². The van der Waals surface area contributed by atoms with Crippen molar-refractivity contribution < 1.29 is 9.53 Å². The smallest absolute Gasteiger partial charge is 0.306 e. The highest BCUT2D eigenvalue weighted by molar-refractivity contribution is 8.03. The molecule has 0 aromatic carbocycles. The lowest BCUT2D eigenvalue weighted by atomic mass is 10.1. The van der Waals surface area contributed by atoms with Crippen molar-refractivity contribution in [2.24, 2.45) is 10.9 Å². The highest BCUT2D eigenvalue weighted by atomic mass is 32.2. The number of nitrogens with zero attached hydrogens (tertiary/aromatic N) is 1. The van der Waals surface area contributed by atoms with Crippen LogP contribution in [0.4, 0.5) is 0 Å². The fraction of sp³-hybridized carbons (Fsp3) is 0.538. The number of ether oxygens (including phenoxy) is 1. The highest BCUT2D eigenvalue weighted by Crippen LogP contribution is 2.18. The topological polar surface area (TPSA) is 38.7 Å². The third-order valence-corrected chi connectivity index (χ3v) is 3.13. The van der Waals surface area contributed by atoms with Gasteiger partial charge in [-0.05, 0) is 30.5 Å². The summed E-state index contributed by atoms with van der Waals surface area (Å²) in [5.74, 6) is 0.939. The Kier molecular flexibility index (Phi) is 8.50. The number of carbonyl (C=O) groups excluding carboxylic acids is 1. The third kappa shape index (κ3) is 7.80. The van der Waals surface area contributed by atoms with Crippen molar-refractivity contribution >= 4 is 24.4 Å². The number of methoxy groups -OCH3 is 1. The van der Waals surface area contributed by atoms with Crippen LogP contribution >= 0.6 is 11.8 Å². The van der Waals surface area contributed by atoms with Crippen molar-refractivity contribution in [3.63, 3.8) is 0 Å². The van der Waals surface area contributed by atoms with E-state index in [9.17, 15) is 4.79 Å². The van der Waals surface area contributed by atoms with Gasteiger partial charge in [-0.25, -0.2) is 0 Å². The predicted molar refractivity (Wildman–Crippen MR) is 75.3 cm³/mol. The van der Waals surface area contributed by atoms with Crippen LogP contribution in [0.3, 0.4) is 0 Å². The quantitative estimate of drug-likeness (QED) is 0.397. The number of hydrogen-bond acceptors (Lipinski definition) is 4. The zero-order chi connectivity index (χ0) is 13.3. The molecule has 0 aromatic rings. The van der Waals surface area contributed by atoms with Crippen molar-refractivity contribution in [2.75, 3.05) is 12.9 Å². The standard InChI is InChI=1S/C13H21NO2S/c1-10(2)12(14-4)7-6-11(3)17-9-8-13(15)16-5/h6-7,10H,4,8-9H2,1-3,5H3/b11-6+,12-7-. The Hall–Kier alpha value is -1.03. The van der Waals surface area contributed by atoms with E-state index in [4.69, 9.17) is 0 Å². The number of thioether (sulfide) groups is 1. The molecule has 0 aliphatic rings. The monoisotopic (exact) mass is 255 g/mol. The molecule has 4 heteroatoms. The van der Waals surface area contributed by atoms with Gasteiger partial charge in [-0.1, -0.05) is 19.9 Å². The molecule has 96 valence electrons. The van der Waals surface area contributed by atoms with E-state index >= 15 is 0 Å². The zero-order valence-corrected chi connectivity index (χ0v) is 11.8. The Balaban J connectivity index is 4.17. The first-order valence-corrected chi connectivity index (χ1v) is 6.54. The minimum atomic E-state index is -0.170. The Morgan fingerprint density at radius 3 is 2.59 bits per heavy atom. The molecule has 0 bridgehead atoms. The minimum absolute atomic E-state index is 0.170. The van der Waals surface area contributed by atoms with Gasteiger partial charge in [0.05, 0.1) is 13.5 Å². The minimum Gasteiger partial charge on any atom is -0.469 e. The SMILES string of the molecule is C=N/C(=C\C=C(/C)SCCC(=O)OC)C(C)C. The van der Waals surface area contributed by atoms with E-state index in [1.54, 1.807) is 11.8 Å². The molecule has 0 saturated carbocycles. The molecule has 0 unspecified atom stereocenters. The Morgan fingerprint density at radius 2 is 2.12 bits per heavy atom. The number of carbonyl (C=O) groups is 1. The average molecular weight is 255 g/mol. The molecular formula is C13H21NO2S. The van der Waals surface area contributed by atoms with E-state index in [1.807, 2.05) is 19.1 Å². The van der Waals surface area contributed by atoms with Gasteiger partial charge in [-0.15, -0.1) is 11.8 Å². The van der Waals surface area contributed by atoms with Crippen LogP contribution in [0.5, 0.6) is 0 Å². The van der Waals surface area contributed by atoms with Gasteiger partial charge in [0.1, 0.15) is 0 Å². The van der Waals surface area contributed by atoms with Gasteiger partial charge >= 0.3 is 5.97 Å². The maximum atomic E-state index is 10.9. The zero-order valence-electron chi connectivity index (χ0n) is 11.0. The summed E-state index contributed by atoms with van der Waals surface area (Å²) < 4.78 is 4.57. The molecule has 0 radical (unpaired) electrons. The second kappa shape index (κ2) is 9.05. The molecule has 17 heavy (non-hydrogen) atoms. The van der Waals surface area contributed by atoms with Crippen LogP contribution in [0.15, 0.2) is 27.7 Å². The van der Waals surface area contributed by atoms with Crippen molar-refractivity contribution in [3.05, 3.63) is 22.8 Å². The van der Waals surface area contributed by atoms with Gasteiger partial charge in [0.2, 0.25) is 0 Å². The average Bonchev–Trinajstić information content (AvgIpc) is 2.29. The second-order valence-electron chi connectivity index (χ2n) is 3.86. The van der Waals surface area contributed by atoms with Crippen molar-refractivity contribution in [3.8, 4) is 0 Å². The summed E-state index contributed by atoms with van der Waals surface area (Å²) in [6.07, 6.45) is 4.41. The summed E-state index contributed by atoms with van der Waals surface area (Å²) in [5.41, 5.74) is 0.970. The van der Waals surface area contributed by atoms with Crippen molar-refractivity contribution in [1.82, 2.24) is 0 Å². The molecule has 3 nitrogen and oxygen atoms in total. The Labute approximate surface area is 108 Å². The molecule has 0 heterocycles. The van der Waals surface area contributed by atoms with Crippen molar-refractivity contribution in [1.29, 1.82) is 0 Å². The molecule has 0 aromatic heterocycles. The van der Waals surface area contributed by atoms with Crippen LogP contribution in [0, 0.1) is 5.92 Å². The molecule has 0 amide bonds. The lowest BCUT2D eigenvalue weighted by Gasteiger charge is -2.04. The van der Waals surface area contributed by atoms with E-state index in [2.05, 4.69) is 30.3 Å². The van der Waals surface area contributed by atoms with Gasteiger partial charge in [0.15, 0.2) is 0 Å². The second-order valence-corrected chi connectivity index (χ2v) is 5.20. The highest BCUT2D eigenvalue weighted by Gasteiger charge is 2.01. The first-order valence-electron chi connectivity index (χ1n) is 5.56. The maximum Gasteiger partial charge on any atom is 0.306 e. The number of aliphatic imine (C=N–C) groups is 1. The number of allylic oxidation sites excluding steroid dienone is 4. The van der Waals surface area contributed by atoms with Crippen LogP contribution in [0.2, 0.25) is 0 Å². The van der Waals surface area contributed by atoms with Gasteiger partial charge < -0.3 is 4.74 Å². The molecule has 0 spiro atoms. The largest absolute Gasteiger partial charge is 0.469 e. The van der Waals surface area contributed by atoms with Crippen LogP contribution in [-0.4, -0.2) is 25.5 Å². The van der Waals surface area contributed by atoms with Gasteiger partial charge in [-0.3, -0.25) is 9.79 Å². The lowest BCUT2D eigenvalue weighted by molar-refractivity contribution is -0.140. The predicted octanol–water partition coefficient (Wildman–Crippen LogP) is 3.43. The molecule has 0 atom stereocenters. The number of rotatable bonds is 7. The van der Waals surface area contributed by atoms with Crippen LogP contribution < -0.4 is 0 Å². The third-order valence-electron chi connectivity index (χ3n) is 2.13. The van der Waals surface area contributed by atoms with Gasteiger partial charge in [-0.2, -0.15) is 0 Å². The summed E-state index contributed by atoms with van der Waals surface area (Å²) in [7, 11) is 1.41. The van der Waals surface area contributed by atoms with Crippen LogP contribution in [0.25, 0.3) is 0 Å². The molecule has 0 fully saturated rings. The van der Waals surface area contributed by atoms with Crippen molar-refractivity contribution in [2.45, 2.75) is 27.2 Å². The summed E-state index contributed by atoms with van der Waals surface area (Å²) in [4.78, 5) is 16.0. The lowest BCUT2D eigenvalue weighted by Crippen LogP contribution is -2.00. The van der Waals surface area contributed by atoms with E-state index < -0.39 is 0 Å². The van der Waals surface area contributed by atoms with E-state index in [0.717, 1.165) is 16.4 Å². The van der Waals surface area contributed by atoms with E-state index in [1.165, 1.54) is 7.11 Å². The number of hydrogen-bond donors (Lipinski definition) is 0. The van der Waals surface area contributed by atoms with Crippen LogP contribution in [0.1, 0.15) is 27.2 Å².